The number of aliphatic hydroxyl groups is 1. The largest absolute Gasteiger partial charge is 0.396 e. The predicted octanol–water partition coefficient (Wildman–Crippen LogP) is 1.23. The first-order valence-corrected chi connectivity index (χ1v) is 7.00. The van der Waals surface area contributed by atoms with Crippen LogP contribution in [-0.4, -0.2) is 40.8 Å². The lowest BCUT2D eigenvalue weighted by atomic mass is 9.91. The first-order valence-electron chi connectivity index (χ1n) is 7.00. The zero-order chi connectivity index (χ0) is 13.7. The molecule has 0 bridgehead atoms. The normalized spacial score (nSPS) is 15.1. The van der Waals surface area contributed by atoms with Gasteiger partial charge in [-0.25, -0.2) is 0 Å². The first-order chi connectivity index (χ1) is 9.24. The van der Waals surface area contributed by atoms with Gasteiger partial charge in [-0.15, -0.1) is 0 Å². The zero-order valence-corrected chi connectivity index (χ0v) is 11.5. The summed E-state index contributed by atoms with van der Waals surface area (Å²) in [5, 5.41) is 12.2. The minimum Gasteiger partial charge on any atom is -0.396 e. The number of hydrogen-bond donors (Lipinski definition) is 3. The molecule has 0 spiro atoms. The van der Waals surface area contributed by atoms with Crippen molar-refractivity contribution in [1.29, 1.82) is 0 Å². The zero-order valence-electron chi connectivity index (χ0n) is 11.5. The van der Waals surface area contributed by atoms with E-state index in [-0.39, 0.29) is 6.61 Å². The lowest BCUT2D eigenvalue weighted by Gasteiger charge is -2.38. The van der Waals surface area contributed by atoms with E-state index in [0.29, 0.717) is 12.0 Å². The van der Waals surface area contributed by atoms with Crippen LogP contribution in [0.2, 0.25) is 0 Å². The van der Waals surface area contributed by atoms with Gasteiger partial charge >= 0.3 is 0 Å². The van der Waals surface area contributed by atoms with E-state index < -0.39 is 0 Å². The summed E-state index contributed by atoms with van der Waals surface area (Å²) in [6, 6.07) is 2.46. The number of rotatable bonds is 7. The van der Waals surface area contributed by atoms with Gasteiger partial charge in [-0.05, 0) is 32.6 Å². The highest BCUT2D eigenvalue weighted by Crippen LogP contribution is 2.29. The molecule has 2 rings (SSSR count). The maximum absolute atomic E-state index is 9.03. The second-order valence-corrected chi connectivity index (χ2v) is 4.86. The topological polar surface area (TPSA) is 87.3 Å². The van der Waals surface area contributed by atoms with Crippen LogP contribution in [0.4, 0.5) is 17.6 Å². The highest BCUT2D eigenvalue weighted by Gasteiger charge is 2.26. The molecular formula is C13H23N5O. The SMILES string of the molecule is CCNc1cc(N(CCCO)C2CCC2)nc(N)n1. The van der Waals surface area contributed by atoms with Crippen LogP contribution in [0.25, 0.3) is 0 Å². The molecule has 0 aliphatic heterocycles. The van der Waals surface area contributed by atoms with Crippen LogP contribution in [0.15, 0.2) is 6.07 Å². The highest BCUT2D eigenvalue weighted by molar-refractivity contribution is 5.53. The molecule has 6 heteroatoms. The van der Waals surface area contributed by atoms with Gasteiger partial charge in [0.05, 0.1) is 0 Å². The maximum atomic E-state index is 9.03. The molecule has 0 unspecified atom stereocenters. The van der Waals surface area contributed by atoms with Crippen molar-refractivity contribution < 1.29 is 5.11 Å². The molecule has 1 aromatic rings. The van der Waals surface area contributed by atoms with E-state index in [1.54, 1.807) is 0 Å². The van der Waals surface area contributed by atoms with Gasteiger partial charge in [0.15, 0.2) is 0 Å². The van der Waals surface area contributed by atoms with Crippen molar-refractivity contribution in [2.45, 2.75) is 38.6 Å². The Morgan fingerprint density at radius 1 is 1.47 bits per heavy atom. The second-order valence-electron chi connectivity index (χ2n) is 4.86. The van der Waals surface area contributed by atoms with Crippen LogP contribution < -0.4 is 16.0 Å². The lowest BCUT2D eigenvalue weighted by molar-refractivity contribution is 0.282. The number of nitrogens with two attached hydrogens (primary N) is 1. The molecule has 0 aromatic carbocycles. The Hall–Kier alpha value is -1.56. The van der Waals surface area contributed by atoms with Crippen LogP contribution in [-0.2, 0) is 0 Å². The Morgan fingerprint density at radius 3 is 2.84 bits per heavy atom. The third kappa shape index (κ3) is 3.47. The highest BCUT2D eigenvalue weighted by atomic mass is 16.3. The predicted molar refractivity (Wildman–Crippen MR) is 77.3 cm³/mol. The summed E-state index contributed by atoms with van der Waals surface area (Å²) in [5.41, 5.74) is 5.78. The molecule has 1 aromatic heterocycles. The Balaban J connectivity index is 2.18. The number of anilines is 3. The molecule has 106 valence electrons. The van der Waals surface area contributed by atoms with Gasteiger partial charge in [0.2, 0.25) is 5.95 Å². The lowest BCUT2D eigenvalue weighted by Crippen LogP contribution is -2.41. The van der Waals surface area contributed by atoms with Crippen LogP contribution in [0.1, 0.15) is 32.6 Å². The second kappa shape index (κ2) is 6.56. The molecule has 19 heavy (non-hydrogen) atoms. The Kier molecular flexibility index (Phi) is 4.79. The van der Waals surface area contributed by atoms with E-state index in [1.165, 1.54) is 19.3 Å². The van der Waals surface area contributed by atoms with Crippen molar-refractivity contribution in [2.24, 2.45) is 0 Å². The van der Waals surface area contributed by atoms with Crippen molar-refractivity contribution in [3.05, 3.63) is 6.07 Å². The van der Waals surface area contributed by atoms with Crippen molar-refractivity contribution in [1.82, 2.24) is 9.97 Å². The number of aromatic nitrogens is 2. The Bertz CT molecular complexity index is 408. The van der Waals surface area contributed by atoms with Crippen molar-refractivity contribution >= 4 is 17.6 Å². The summed E-state index contributed by atoms with van der Waals surface area (Å²) in [6.45, 7) is 3.83. The van der Waals surface area contributed by atoms with Crippen LogP contribution in [0.5, 0.6) is 0 Å². The third-order valence-electron chi connectivity index (χ3n) is 3.45. The van der Waals surface area contributed by atoms with E-state index in [9.17, 15) is 0 Å². The molecule has 0 saturated heterocycles. The minimum atomic E-state index is 0.198. The molecule has 0 radical (unpaired) electrons. The van der Waals surface area contributed by atoms with Gasteiger partial charge in [-0.1, -0.05) is 0 Å². The molecule has 1 aliphatic carbocycles. The number of hydrogen-bond acceptors (Lipinski definition) is 6. The minimum absolute atomic E-state index is 0.198. The van der Waals surface area contributed by atoms with E-state index in [4.69, 9.17) is 10.8 Å². The number of nitrogens with zero attached hydrogens (tertiary/aromatic N) is 3. The van der Waals surface area contributed by atoms with Crippen LogP contribution in [0.3, 0.4) is 0 Å². The fraction of sp³-hybridized carbons (Fsp3) is 0.692. The number of aliphatic hydroxyl groups excluding tert-OH is 1. The fourth-order valence-electron chi connectivity index (χ4n) is 2.30. The number of nitrogen functional groups attached to an aromatic ring is 1. The summed E-state index contributed by atoms with van der Waals surface area (Å²) >= 11 is 0. The van der Waals surface area contributed by atoms with Gasteiger partial charge in [0.25, 0.3) is 0 Å². The molecule has 0 atom stereocenters. The quantitative estimate of drug-likeness (QED) is 0.687. The summed E-state index contributed by atoms with van der Waals surface area (Å²) in [4.78, 5) is 10.8. The first kappa shape index (κ1) is 13.9. The molecule has 0 amide bonds. The van der Waals surface area contributed by atoms with Crippen molar-refractivity contribution in [3.63, 3.8) is 0 Å². The average molecular weight is 265 g/mol. The Morgan fingerprint density at radius 2 is 2.26 bits per heavy atom. The van der Waals surface area contributed by atoms with Gasteiger partial charge in [0, 0.05) is 31.8 Å². The monoisotopic (exact) mass is 265 g/mol. The fourth-order valence-corrected chi connectivity index (χ4v) is 2.30. The van der Waals surface area contributed by atoms with Gasteiger partial charge in [-0.2, -0.15) is 9.97 Å². The maximum Gasteiger partial charge on any atom is 0.223 e. The van der Waals surface area contributed by atoms with E-state index in [1.807, 2.05) is 13.0 Å². The summed E-state index contributed by atoms with van der Waals surface area (Å²) < 4.78 is 0. The molecule has 1 aliphatic rings. The molecule has 1 fully saturated rings. The van der Waals surface area contributed by atoms with E-state index >= 15 is 0 Å². The smallest absolute Gasteiger partial charge is 0.223 e. The van der Waals surface area contributed by atoms with Crippen LogP contribution in [0, 0.1) is 0 Å². The standard InChI is InChI=1S/C13H23N5O/c1-2-15-11-9-12(17-13(14)16-11)18(7-4-8-19)10-5-3-6-10/h9-10,19H,2-8H2,1H3,(H3,14,15,16,17). The average Bonchev–Trinajstić information content (AvgIpc) is 2.31. The Labute approximate surface area is 114 Å². The van der Waals surface area contributed by atoms with Gasteiger partial charge < -0.3 is 21.1 Å². The molecular weight excluding hydrogens is 242 g/mol. The molecule has 6 nitrogen and oxygen atoms in total. The molecule has 1 heterocycles. The van der Waals surface area contributed by atoms with Crippen molar-refractivity contribution in [3.8, 4) is 0 Å². The summed E-state index contributed by atoms with van der Waals surface area (Å²) in [6.07, 6.45) is 4.38. The van der Waals surface area contributed by atoms with E-state index in [0.717, 1.165) is 31.1 Å². The molecule has 1 saturated carbocycles. The number of nitrogens with one attached hydrogen (secondary N) is 1. The molecule has 4 N–H and O–H groups in total. The van der Waals surface area contributed by atoms with Crippen LogP contribution >= 0.6 is 0 Å². The summed E-state index contributed by atoms with van der Waals surface area (Å²) in [5.74, 6) is 1.92. The van der Waals surface area contributed by atoms with E-state index in [2.05, 4.69) is 20.2 Å². The van der Waals surface area contributed by atoms with Gasteiger partial charge in [-0.3, -0.25) is 0 Å². The third-order valence-corrected chi connectivity index (χ3v) is 3.45. The van der Waals surface area contributed by atoms with Gasteiger partial charge in [0.1, 0.15) is 11.6 Å². The summed E-state index contributed by atoms with van der Waals surface area (Å²) in [7, 11) is 0. The van der Waals surface area contributed by atoms with Crippen molar-refractivity contribution in [2.75, 3.05) is 35.6 Å².